The SMILES string of the molecule is Cl.O=C(O)C=Cc1ccc(-c2ccc(O)c(C34CC5CC(CC(C5)C3)C4)c2)c(CN2CCOCC2)c1. The lowest BCUT2D eigenvalue weighted by Crippen LogP contribution is -2.48. The van der Waals surface area contributed by atoms with Gasteiger partial charge in [0.2, 0.25) is 0 Å². The van der Waals surface area contributed by atoms with Crippen LogP contribution in [0.1, 0.15) is 55.2 Å². The van der Waals surface area contributed by atoms with E-state index in [4.69, 9.17) is 9.84 Å². The van der Waals surface area contributed by atoms with Crippen LogP contribution in [-0.2, 0) is 21.5 Å². The van der Waals surface area contributed by atoms with Crippen molar-refractivity contribution < 1.29 is 19.7 Å². The van der Waals surface area contributed by atoms with Gasteiger partial charge in [-0.2, -0.15) is 0 Å². The van der Waals surface area contributed by atoms with Crippen LogP contribution in [0.3, 0.4) is 0 Å². The zero-order valence-electron chi connectivity index (χ0n) is 20.7. The van der Waals surface area contributed by atoms with E-state index in [1.54, 1.807) is 6.08 Å². The molecule has 5 fully saturated rings. The predicted molar refractivity (Wildman–Crippen MR) is 143 cm³/mol. The molecule has 5 nitrogen and oxygen atoms in total. The fraction of sp³-hybridized carbons (Fsp3) is 0.500. The highest BCUT2D eigenvalue weighted by Crippen LogP contribution is 2.62. The Morgan fingerprint density at radius 3 is 2.31 bits per heavy atom. The molecule has 192 valence electrons. The van der Waals surface area contributed by atoms with Gasteiger partial charge >= 0.3 is 5.97 Å². The molecule has 0 atom stereocenters. The van der Waals surface area contributed by atoms with E-state index >= 15 is 0 Å². The smallest absolute Gasteiger partial charge is 0.328 e. The van der Waals surface area contributed by atoms with Gasteiger partial charge < -0.3 is 14.9 Å². The molecular formula is C30H36ClNO4. The number of carboxylic acid groups (broad SMARTS) is 1. The highest BCUT2D eigenvalue weighted by molar-refractivity contribution is 5.86. The Hall–Kier alpha value is -2.34. The first-order valence-electron chi connectivity index (χ1n) is 13.2. The van der Waals surface area contributed by atoms with Crippen molar-refractivity contribution in [3.05, 3.63) is 59.2 Å². The van der Waals surface area contributed by atoms with E-state index in [0.29, 0.717) is 5.75 Å². The molecule has 2 aromatic rings. The lowest BCUT2D eigenvalue weighted by molar-refractivity contribution is -0.131. The van der Waals surface area contributed by atoms with E-state index in [1.165, 1.54) is 50.2 Å². The molecule has 0 aromatic heterocycles. The minimum atomic E-state index is -0.942. The first-order chi connectivity index (χ1) is 17.0. The van der Waals surface area contributed by atoms with Gasteiger partial charge in [-0.1, -0.05) is 18.2 Å². The second-order valence-electron chi connectivity index (χ2n) is 11.4. The molecule has 7 rings (SSSR count). The molecule has 2 N–H and O–H groups in total. The van der Waals surface area contributed by atoms with Crippen LogP contribution in [0.5, 0.6) is 5.75 Å². The molecule has 2 aromatic carbocycles. The zero-order valence-corrected chi connectivity index (χ0v) is 21.5. The molecule has 5 aliphatic rings. The Bertz CT molecular complexity index is 1120. The first kappa shape index (κ1) is 25.3. The van der Waals surface area contributed by atoms with Gasteiger partial charge in [0.1, 0.15) is 5.75 Å². The van der Waals surface area contributed by atoms with E-state index in [0.717, 1.165) is 72.9 Å². The number of aromatic hydroxyl groups is 1. The fourth-order valence-electron chi connectivity index (χ4n) is 7.87. The van der Waals surface area contributed by atoms with Crippen LogP contribution in [0, 0.1) is 17.8 Å². The Morgan fingerprint density at radius 1 is 1.00 bits per heavy atom. The highest BCUT2D eigenvalue weighted by atomic mass is 35.5. The molecule has 6 heteroatoms. The van der Waals surface area contributed by atoms with Gasteiger partial charge in [-0.25, -0.2) is 4.79 Å². The molecule has 1 aliphatic heterocycles. The van der Waals surface area contributed by atoms with E-state index in [9.17, 15) is 9.90 Å². The number of benzene rings is 2. The van der Waals surface area contributed by atoms with Crippen molar-refractivity contribution in [2.24, 2.45) is 17.8 Å². The minimum absolute atomic E-state index is 0. The Balaban J connectivity index is 0.00000267. The number of ether oxygens (including phenoxy) is 1. The average molecular weight is 510 g/mol. The van der Waals surface area contributed by atoms with Crippen LogP contribution in [0.2, 0.25) is 0 Å². The topological polar surface area (TPSA) is 70.0 Å². The molecule has 0 amide bonds. The van der Waals surface area contributed by atoms with Crippen LogP contribution in [-0.4, -0.2) is 47.4 Å². The van der Waals surface area contributed by atoms with Crippen LogP contribution in [0.15, 0.2) is 42.5 Å². The number of carboxylic acids is 1. The van der Waals surface area contributed by atoms with Gasteiger partial charge in [-0.05, 0) is 108 Å². The van der Waals surface area contributed by atoms with Crippen molar-refractivity contribution in [2.75, 3.05) is 26.3 Å². The number of nitrogens with zero attached hydrogens (tertiary/aromatic N) is 1. The van der Waals surface area contributed by atoms with Gasteiger partial charge in [0.25, 0.3) is 0 Å². The second kappa shape index (κ2) is 10.2. The number of hydrogen-bond donors (Lipinski definition) is 2. The summed E-state index contributed by atoms with van der Waals surface area (Å²) in [5.41, 5.74) is 5.66. The minimum Gasteiger partial charge on any atom is -0.508 e. The summed E-state index contributed by atoms with van der Waals surface area (Å²) in [6.07, 6.45) is 10.7. The van der Waals surface area contributed by atoms with Crippen molar-refractivity contribution >= 4 is 24.5 Å². The maximum atomic E-state index is 11.1. The number of rotatable bonds is 6. The zero-order chi connectivity index (χ0) is 24.0. The van der Waals surface area contributed by atoms with Crippen LogP contribution in [0.25, 0.3) is 17.2 Å². The summed E-state index contributed by atoms with van der Waals surface area (Å²) in [5, 5.41) is 20.1. The maximum Gasteiger partial charge on any atom is 0.328 e. The number of phenolic OH excluding ortho intramolecular Hbond substituents is 1. The first-order valence-corrected chi connectivity index (χ1v) is 13.2. The summed E-state index contributed by atoms with van der Waals surface area (Å²) in [6.45, 7) is 4.05. The summed E-state index contributed by atoms with van der Waals surface area (Å²) in [6, 6.07) is 12.4. The Kier molecular flexibility index (Phi) is 7.17. The Morgan fingerprint density at radius 2 is 1.67 bits per heavy atom. The molecule has 0 spiro atoms. The monoisotopic (exact) mass is 509 g/mol. The molecule has 1 heterocycles. The van der Waals surface area contributed by atoms with Crippen LogP contribution in [0.4, 0.5) is 0 Å². The molecule has 1 saturated heterocycles. The van der Waals surface area contributed by atoms with Crippen LogP contribution < -0.4 is 0 Å². The number of hydrogen-bond acceptors (Lipinski definition) is 4. The summed E-state index contributed by atoms with van der Waals surface area (Å²) in [7, 11) is 0. The van der Waals surface area contributed by atoms with Crippen molar-refractivity contribution in [3.63, 3.8) is 0 Å². The molecule has 4 saturated carbocycles. The largest absolute Gasteiger partial charge is 0.508 e. The third kappa shape index (κ3) is 4.93. The van der Waals surface area contributed by atoms with E-state index < -0.39 is 5.97 Å². The standard InChI is InChI=1S/C30H35NO4.ClH/c32-28-5-3-24(15-27(28)30-16-21-11-22(17-30)13-23(12-21)18-30)26-4-1-20(2-6-29(33)34)14-25(26)19-31-7-9-35-10-8-31;/h1-6,14-15,21-23,32H,7-13,16-19H2,(H,33,34);1H. The van der Waals surface area contributed by atoms with Gasteiger partial charge in [0.15, 0.2) is 0 Å². The quantitative estimate of drug-likeness (QED) is 0.476. The summed E-state index contributed by atoms with van der Waals surface area (Å²) < 4.78 is 5.54. The van der Waals surface area contributed by atoms with Crippen LogP contribution >= 0.6 is 12.4 Å². The fourth-order valence-corrected chi connectivity index (χ4v) is 7.87. The van der Waals surface area contributed by atoms with Gasteiger partial charge in [0, 0.05) is 31.3 Å². The molecule has 0 radical (unpaired) electrons. The van der Waals surface area contributed by atoms with Crippen molar-refractivity contribution in [1.29, 1.82) is 0 Å². The lowest BCUT2D eigenvalue weighted by Gasteiger charge is -2.57. The number of carbonyl (C=O) groups is 1. The van der Waals surface area contributed by atoms with Crippen molar-refractivity contribution in [2.45, 2.75) is 50.5 Å². The van der Waals surface area contributed by atoms with Crippen molar-refractivity contribution in [1.82, 2.24) is 4.90 Å². The average Bonchev–Trinajstić information content (AvgIpc) is 2.83. The van der Waals surface area contributed by atoms with Gasteiger partial charge in [0.05, 0.1) is 13.2 Å². The molecule has 0 unspecified atom stereocenters. The lowest BCUT2D eigenvalue weighted by atomic mass is 9.48. The molecular weight excluding hydrogens is 474 g/mol. The van der Waals surface area contributed by atoms with E-state index in [2.05, 4.69) is 23.1 Å². The maximum absolute atomic E-state index is 11.1. The molecule has 4 aliphatic carbocycles. The number of halogens is 1. The highest BCUT2D eigenvalue weighted by Gasteiger charge is 2.52. The summed E-state index contributed by atoms with van der Waals surface area (Å²) in [5.74, 6) is 1.97. The molecule has 36 heavy (non-hydrogen) atoms. The third-order valence-corrected chi connectivity index (χ3v) is 8.96. The van der Waals surface area contributed by atoms with E-state index in [1.807, 2.05) is 18.2 Å². The van der Waals surface area contributed by atoms with Gasteiger partial charge in [-0.3, -0.25) is 4.90 Å². The third-order valence-electron chi connectivity index (χ3n) is 8.96. The van der Waals surface area contributed by atoms with Crippen molar-refractivity contribution in [3.8, 4) is 16.9 Å². The summed E-state index contributed by atoms with van der Waals surface area (Å²) >= 11 is 0. The predicted octanol–water partition coefficient (Wildman–Crippen LogP) is 5.88. The normalized spacial score (nSPS) is 29.4. The number of phenols is 1. The Labute approximate surface area is 219 Å². The summed E-state index contributed by atoms with van der Waals surface area (Å²) in [4.78, 5) is 13.5. The number of aliphatic carboxylic acids is 1. The molecule has 4 bridgehead atoms. The van der Waals surface area contributed by atoms with E-state index in [-0.39, 0.29) is 17.8 Å². The second-order valence-corrected chi connectivity index (χ2v) is 11.4. The van der Waals surface area contributed by atoms with Gasteiger partial charge in [-0.15, -0.1) is 12.4 Å². The number of morpholine rings is 1.